The largest absolute Gasteiger partial charge is 0.416 e. The summed E-state index contributed by atoms with van der Waals surface area (Å²) in [6.07, 6.45) is -3.29. The van der Waals surface area contributed by atoms with Crippen molar-refractivity contribution in [1.29, 1.82) is 0 Å². The molecule has 1 N–H and O–H groups in total. The first-order valence-corrected chi connectivity index (χ1v) is 13.0. The van der Waals surface area contributed by atoms with Gasteiger partial charge in [0.05, 0.1) is 32.6 Å². The van der Waals surface area contributed by atoms with Crippen LogP contribution >= 0.6 is 35.1 Å². The maximum Gasteiger partial charge on any atom is 0.416 e. The molecule has 0 spiro atoms. The van der Waals surface area contributed by atoms with Gasteiger partial charge in [-0.15, -0.1) is 11.8 Å². The summed E-state index contributed by atoms with van der Waals surface area (Å²) in [5, 5.41) is 3.07. The molecule has 0 saturated heterocycles. The first-order chi connectivity index (χ1) is 16.6. The van der Waals surface area contributed by atoms with Gasteiger partial charge in [0.1, 0.15) is 0 Å². The molecule has 0 bridgehead atoms. The van der Waals surface area contributed by atoms with Gasteiger partial charge in [-0.1, -0.05) is 60.6 Å². The van der Waals surface area contributed by atoms with E-state index in [9.17, 15) is 22.8 Å². The van der Waals surface area contributed by atoms with Gasteiger partial charge in [0.25, 0.3) is 5.56 Å². The number of nitrogens with zero attached hydrogens (tertiary/aromatic N) is 2. The molecule has 0 fully saturated rings. The number of aryl methyl sites for hydroxylation is 1. The number of rotatable bonds is 7. The summed E-state index contributed by atoms with van der Waals surface area (Å²) in [6, 6.07) is 12.5. The normalized spacial score (nSPS) is 15.2. The Bertz CT molecular complexity index is 1300. The zero-order valence-corrected chi connectivity index (χ0v) is 21.0. The van der Waals surface area contributed by atoms with Gasteiger partial charge in [0.15, 0.2) is 5.16 Å². The highest BCUT2D eigenvalue weighted by Gasteiger charge is 2.31. The highest BCUT2D eigenvalue weighted by Crippen LogP contribution is 2.35. The van der Waals surface area contributed by atoms with E-state index in [2.05, 4.69) is 10.3 Å². The number of hydrogen-bond donors (Lipinski definition) is 1. The summed E-state index contributed by atoms with van der Waals surface area (Å²) < 4.78 is 40.6. The van der Waals surface area contributed by atoms with Crippen LogP contribution in [0.2, 0.25) is 5.02 Å². The molecule has 0 saturated carbocycles. The Labute approximate surface area is 213 Å². The van der Waals surface area contributed by atoms with Crippen LogP contribution in [0.4, 0.5) is 18.9 Å². The van der Waals surface area contributed by atoms with Crippen molar-refractivity contribution in [3.8, 4) is 0 Å². The number of aromatic nitrogens is 2. The lowest BCUT2D eigenvalue weighted by molar-refractivity contribution is -0.137. The van der Waals surface area contributed by atoms with E-state index in [0.29, 0.717) is 35.1 Å². The summed E-state index contributed by atoms with van der Waals surface area (Å²) in [7, 11) is 0. The summed E-state index contributed by atoms with van der Waals surface area (Å²) in [4.78, 5) is 31.1. The number of amides is 1. The molecular formula is C24H21ClF3N3O2S2. The van der Waals surface area contributed by atoms with Crippen LogP contribution in [0.3, 0.4) is 0 Å². The summed E-state index contributed by atoms with van der Waals surface area (Å²) in [6.45, 7) is 2.42. The van der Waals surface area contributed by atoms with Crippen LogP contribution in [-0.2, 0) is 30.4 Å². The monoisotopic (exact) mass is 539 g/mol. The second kappa shape index (κ2) is 10.7. The molecule has 1 unspecified atom stereocenters. The molecular weight excluding hydrogens is 519 g/mol. The molecule has 4 rings (SSSR count). The first-order valence-electron chi connectivity index (χ1n) is 10.8. The number of hydrogen-bond acceptors (Lipinski definition) is 5. The van der Waals surface area contributed by atoms with Crippen LogP contribution < -0.4 is 10.9 Å². The Hall–Kier alpha value is -2.43. The lowest BCUT2D eigenvalue weighted by Crippen LogP contribution is -2.27. The van der Waals surface area contributed by atoms with Crippen LogP contribution in [-0.4, -0.2) is 26.5 Å². The molecule has 2 heterocycles. The second-order valence-electron chi connectivity index (χ2n) is 8.02. The van der Waals surface area contributed by atoms with Gasteiger partial charge in [-0.2, -0.15) is 13.2 Å². The second-order valence-corrected chi connectivity index (χ2v) is 10.8. The summed E-state index contributed by atoms with van der Waals surface area (Å²) >= 11 is 8.56. The van der Waals surface area contributed by atoms with Gasteiger partial charge in [-0.25, -0.2) is 4.98 Å². The van der Waals surface area contributed by atoms with E-state index in [4.69, 9.17) is 11.6 Å². The fraction of sp³-hybridized carbons (Fsp3) is 0.292. The SMILES string of the molecule is CC1Cc2nc(SCC(=O)Nc3cc(C(F)(F)F)ccc3Cl)n(CCc3ccccc3)c(=O)c2S1. The van der Waals surface area contributed by atoms with E-state index in [1.165, 1.54) is 11.8 Å². The van der Waals surface area contributed by atoms with Crippen molar-refractivity contribution >= 4 is 46.7 Å². The number of alkyl halides is 3. The molecule has 0 aliphatic carbocycles. The average Bonchev–Trinajstić information content (AvgIpc) is 3.19. The van der Waals surface area contributed by atoms with Gasteiger partial charge < -0.3 is 5.32 Å². The Morgan fingerprint density at radius 2 is 2.00 bits per heavy atom. The number of benzene rings is 2. The van der Waals surface area contributed by atoms with Crippen LogP contribution in [0.5, 0.6) is 0 Å². The van der Waals surface area contributed by atoms with Crippen molar-refractivity contribution in [1.82, 2.24) is 9.55 Å². The molecule has 1 aromatic heterocycles. The lowest BCUT2D eigenvalue weighted by atomic mass is 10.1. The highest BCUT2D eigenvalue weighted by molar-refractivity contribution is 8.00. The van der Waals surface area contributed by atoms with Gasteiger partial charge in [0.2, 0.25) is 5.91 Å². The van der Waals surface area contributed by atoms with E-state index in [0.717, 1.165) is 35.5 Å². The third kappa shape index (κ3) is 6.23. The molecule has 2 aromatic carbocycles. The Kier molecular flexibility index (Phi) is 7.83. The van der Waals surface area contributed by atoms with Crippen molar-refractivity contribution < 1.29 is 18.0 Å². The van der Waals surface area contributed by atoms with Crippen LogP contribution in [0.15, 0.2) is 63.4 Å². The van der Waals surface area contributed by atoms with Crippen molar-refractivity contribution in [2.75, 3.05) is 11.1 Å². The predicted octanol–water partition coefficient (Wildman–Crippen LogP) is 5.93. The quantitative estimate of drug-likeness (QED) is 0.298. The molecule has 3 aromatic rings. The predicted molar refractivity (Wildman–Crippen MR) is 133 cm³/mol. The number of nitrogens with one attached hydrogen (secondary N) is 1. The summed E-state index contributed by atoms with van der Waals surface area (Å²) in [5.74, 6) is -0.699. The number of halogens is 4. The number of carbonyl (C=O) groups is 1. The molecule has 184 valence electrons. The van der Waals surface area contributed by atoms with E-state index in [1.807, 2.05) is 37.3 Å². The third-order valence-electron chi connectivity index (χ3n) is 5.33. The van der Waals surface area contributed by atoms with Crippen molar-refractivity contribution in [3.63, 3.8) is 0 Å². The number of thioether (sulfide) groups is 2. The summed E-state index contributed by atoms with van der Waals surface area (Å²) in [5.41, 5.74) is 0.609. The molecule has 1 aliphatic heterocycles. The van der Waals surface area contributed by atoms with Crippen LogP contribution in [0.25, 0.3) is 0 Å². The number of anilines is 1. The zero-order chi connectivity index (χ0) is 25.2. The van der Waals surface area contributed by atoms with E-state index >= 15 is 0 Å². The van der Waals surface area contributed by atoms with Crippen LogP contribution in [0.1, 0.15) is 23.7 Å². The van der Waals surface area contributed by atoms with Crippen LogP contribution in [0, 0.1) is 0 Å². The first kappa shape index (κ1) is 25.7. The minimum absolute atomic E-state index is 0.00205. The molecule has 1 aliphatic rings. The van der Waals surface area contributed by atoms with Gasteiger partial charge in [-0.05, 0) is 30.2 Å². The van der Waals surface area contributed by atoms with E-state index in [1.54, 1.807) is 4.57 Å². The van der Waals surface area contributed by atoms with E-state index in [-0.39, 0.29) is 27.3 Å². The molecule has 11 heteroatoms. The van der Waals surface area contributed by atoms with Gasteiger partial charge in [0, 0.05) is 18.2 Å². The maximum atomic E-state index is 13.2. The Balaban J connectivity index is 1.52. The fourth-order valence-corrected chi connectivity index (χ4v) is 5.76. The van der Waals surface area contributed by atoms with Gasteiger partial charge in [-0.3, -0.25) is 14.2 Å². The Morgan fingerprint density at radius 1 is 1.26 bits per heavy atom. The minimum atomic E-state index is -4.56. The van der Waals surface area contributed by atoms with Crippen molar-refractivity contribution in [3.05, 3.63) is 80.7 Å². The average molecular weight is 540 g/mol. The Morgan fingerprint density at radius 3 is 2.71 bits per heavy atom. The van der Waals surface area contributed by atoms with Gasteiger partial charge >= 0.3 is 6.18 Å². The number of carbonyl (C=O) groups excluding carboxylic acids is 1. The topological polar surface area (TPSA) is 64.0 Å². The third-order valence-corrected chi connectivity index (χ3v) is 7.85. The smallest absolute Gasteiger partial charge is 0.324 e. The van der Waals surface area contributed by atoms with Crippen molar-refractivity contribution in [2.45, 2.75) is 47.8 Å². The molecule has 1 atom stereocenters. The standard InChI is InChI=1S/C24H21ClF3N3O2S2/c1-14-11-19-21(35-14)22(33)31(10-9-15-5-3-2-4-6-15)23(30-19)34-13-20(32)29-18-12-16(24(26,27)28)7-8-17(18)25/h2-8,12,14H,9-11,13H2,1H3,(H,29,32). The molecule has 0 radical (unpaired) electrons. The fourth-order valence-electron chi connectivity index (χ4n) is 3.64. The lowest BCUT2D eigenvalue weighted by Gasteiger charge is -2.14. The molecule has 1 amide bonds. The zero-order valence-electron chi connectivity index (χ0n) is 18.6. The van der Waals surface area contributed by atoms with E-state index < -0.39 is 17.6 Å². The van der Waals surface area contributed by atoms with Crippen molar-refractivity contribution in [2.24, 2.45) is 0 Å². The minimum Gasteiger partial charge on any atom is -0.324 e. The molecule has 5 nitrogen and oxygen atoms in total. The maximum absolute atomic E-state index is 13.2. The molecule has 35 heavy (non-hydrogen) atoms. The highest BCUT2D eigenvalue weighted by atomic mass is 35.5. The number of fused-ring (bicyclic) bond motifs is 1.